The van der Waals surface area contributed by atoms with Crippen LogP contribution in [0, 0.1) is 11.7 Å². The van der Waals surface area contributed by atoms with Crippen molar-refractivity contribution in [3.8, 4) is 0 Å². The van der Waals surface area contributed by atoms with Crippen molar-refractivity contribution in [2.45, 2.75) is 19.8 Å². The highest BCUT2D eigenvalue weighted by molar-refractivity contribution is 5.97. The molecule has 6 nitrogen and oxygen atoms in total. The van der Waals surface area contributed by atoms with Crippen molar-refractivity contribution >= 4 is 23.5 Å². The van der Waals surface area contributed by atoms with Gasteiger partial charge in [-0.15, -0.1) is 0 Å². The van der Waals surface area contributed by atoms with Crippen molar-refractivity contribution in [2.24, 2.45) is 5.92 Å². The van der Waals surface area contributed by atoms with Gasteiger partial charge in [0.1, 0.15) is 12.4 Å². The SMILES string of the molecule is CC(CC(=O)Nc1ccc(C(=O)NCC(=O)O)cc1)Cc1cccc(F)c1. The number of hydrogen-bond donors (Lipinski definition) is 3. The summed E-state index contributed by atoms with van der Waals surface area (Å²) in [6.07, 6.45) is 0.866. The molecular formula is C20H21FN2O4. The van der Waals surface area contributed by atoms with Crippen LogP contribution in [-0.2, 0) is 16.0 Å². The van der Waals surface area contributed by atoms with E-state index in [1.807, 2.05) is 13.0 Å². The van der Waals surface area contributed by atoms with E-state index in [4.69, 9.17) is 5.11 Å². The molecule has 0 saturated heterocycles. The third kappa shape index (κ3) is 6.89. The van der Waals surface area contributed by atoms with Crippen LogP contribution in [0.5, 0.6) is 0 Å². The van der Waals surface area contributed by atoms with Gasteiger partial charge in [0.2, 0.25) is 5.91 Å². The lowest BCUT2D eigenvalue weighted by atomic mass is 9.97. The number of rotatable bonds is 8. The van der Waals surface area contributed by atoms with Crippen molar-refractivity contribution in [1.29, 1.82) is 0 Å². The molecule has 27 heavy (non-hydrogen) atoms. The Bertz CT molecular complexity index is 821. The first kappa shape index (κ1) is 20.1. The second-order valence-corrected chi connectivity index (χ2v) is 6.35. The Morgan fingerprint density at radius 3 is 2.44 bits per heavy atom. The number of anilines is 1. The van der Waals surface area contributed by atoms with Crippen LogP contribution >= 0.6 is 0 Å². The quantitative estimate of drug-likeness (QED) is 0.664. The number of carbonyl (C=O) groups excluding carboxylic acids is 2. The maximum atomic E-state index is 13.2. The molecule has 0 aromatic heterocycles. The minimum atomic E-state index is -1.13. The molecule has 0 aliphatic heterocycles. The highest BCUT2D eigenvalue weighted by Crippen LogP contribution is 2.15. The summed E-state index contributed by atoms with van der Waals surface area (Å²) in [4.78, 5) is 34.3. The van der Waals surface area contributed by atoms with Gasteiger partial charge in [0, 0.05) is 17.7 Å². The zero-order valence-corrected chi connectivity index (χ0v) is 14.9. The summed E-state index contributed by atoms with van der Waals surface area (Å²) in [6, 6.07) is 12.5. The lowest BCUT2D eigenvalue weighted by molar-refractivity contribution is -0.135. The van der Waals surface area contributed by atoms with Gasteiger partial charge in [-0.2, -0.15) is 0 Å². The molecule has 7 heteroatoms. The van der Waals surface area contributed by atoms with E-state index >= 15 is 0 Å². The topological polar surface area (TPSA) is 95.5 Å². The van der Waals surface area contributed by atoms with E-state index in [9.17, 15) is 18.8 Å². The van der Waals surface area contributed by atoms with Gasteiger partial charge < -0.3 is 15.7 Å². The summed E-state index contributed by atoms with van der Waals surface area (Å²) in [5.41, 5.74) is 1.67. The number of halogens is 1. The lowest BCUT2D eigenvalue weighted by Gasteiger charge is -2.12. The average Bonchev–Trinajstić information content (AvgIpc) is 2.60. The van der Waals surface area contributed by atoms with Crippen molar-refractivity contribution in [2.75, 3.05) is 11.9 Å². The van der Waals surface area contributed by atoms with Crippen LogP contribution < -0.4 is 10.6 Å². The van der Waals surface area contributed by atoms with Crippen LogP contribution in [0.1, 0.15) is 29.3 Å². The molecule has 1 atom stereocenters. The summed E-state index contributed by atoms with van der Waals surface area (Å²) >= 11 is 0. The summed E-state index contributed by atoms with van der Waals surface area (Å²) in [5.74, 6) is -2.06. The first-order valence-corrected chi connectivity index (χ1v) is 8.48. The number of hydrogen-bond acceptors (Lipinski definition) is 3. The fourth-order valence-corrected chi connectivity index (χ4v) is 2.63. The van der Waals surface area contributed by atoms with Crippen LogP contribution in [0.2, 0.25) is 0 Å². The number of carboxylic acid groups (broad SMARTS) is 1. The Labute approximate surface area is 156 Å². The zero-order chi connectivity index (χ0) is 19.8. The molecule has 0 fully saturated rings. The number of carbonyl (C=O) groups is 3. The molecule has 0 aliphatic carbocycles. The van der Waals surface area contributed by atoms with E-state index in [0.717, 1.165) is 5.56 Å². The average molecular weight is 372 g/mol. The normalized spacial score (nSPS) is 11.5. The maximum absolute atomic E-state index is 13.2. The van der Waals surface area contributed by atoms with Gasteiger partial charge in [-0.1, -0.05) is 19.1 Å². The molecule has 2 aromatic rings. The van der Waals surface area contributed by atoms with E-state index < -0.39 is 18.4 Å². The van der Waals surface area contributed by atoms with Crippen LogP contribution in [-0.4, -0.2) is 29.4 Å². The van der Waals surface area contributed by atoms with Crippen molar-refractivity contribution in [1.82, 2.24) is 5.32 Å². The number of benzene rings is 2. The lowest BCUT2D eigenvalue weighted by Crippen LogP contribution is -2.29. The van der Waals surface area contributed by atoms with Gasteiger partial charge in [0.25, 0.3) is 5.91 Å². The smallest absolute Gasteiger partial charge is 0.322 e. The van der Waals surface area contributed by atoms with E-state index in [1.54, 1.807) is 18.2 Å². The Morgan fingerprint density at radius 2 is 1.81 bits per heavy atom. The van der Waals surface area contributed by atoms with Gasteiger partial charge in [0.15, 0.2) is 0 Å². The second-order valence-electron chi connectivity index (χ2n) is 6.35. The van der Waals surface area contributed by atoms with Gasteiger partial charge in [0.05, 0.1) is 0 Å². The number of amides is 2. The highest BCUT2D eigenvalue weighted by Gasteiger charge is 2.12. The summed E-state index contributed by atoms with van der Waals surface area (Å²) in [7, 11) is 0. The molecule has 2 rings (SSSR count). The van der Waals surface area contributed by atoms with Crippen LogP contribution in [0.3, 0.4) is 0 Å². The number of aliphatic carboxylic acids is 1. The van der Waals surface area contributed by atoms with E-state index in [0.29, 0.717) is 17.7 Å². The van der Waals surface area contributed by atoms with Gasteiger partial charge >= 0.3 is 5.97 Å². The van der Waals surface area contributed by atoms with Gasteiger partial charge in [-0.05, 0) is 54.3 Å². The summed E-state index contributed by atoms with van der Waals surface area (Å²) < 4.78 is 13.2. The highest BCUT2D eigenvalue weighted by atomic mass is 19.1. The molecule has 0 bridgehead atoms. The van der Waals surface area contributed by atoms with Crippen molar-refractivity contribution in [3.63, 3.8) is 0 Å². The monoisotopic (exact) mass is 372 g/mol. The second kappa shape index (κ2) is 9.47. The van der Waals surface area contributed by atoms with Crippen LogP contribution in [0.15, 0.2) is 48.5 Å². The molecule has 142 valence electrons. The first-order valence-electron chi connectivity index (χ1n) is 8.48. The Hall–Kier alpha value is -3.22. The third-order valence-electron chi connectivity index (χ3n) is 3.84. The standard InChI is InChI=1S/C20H21FN2O4/c1-13(9-14-3-2-4-16(21)11-14)10-18(24)23-17-7-5-15(6-8-17)20(27)22-12-19(25)26/h2-8,11,13H,9-10,12H2,1H3,(H,22,27)(H,23,24)(H,25,26). The van der Waals surface area contributed by atoms with Crippen LogP contribution in [0.4, 0.5) is 10.1 Å². The molecule has 0 radical (unpaired) electrons. The van der Waals surface area contributed by atoms with Gasteiger partial charge in [-0.3, -0.25) is 14.4 Å². The molecule has 3 N–H and O–H groups in total. The molecular weight excluding hydrogens is 351 g/mol. The molecule has 0 aliphatic rings. The number of nitrogens with one attached hydrogen (secondary N) is 2. The molecule has 2 amide bonds. The van der Waals surface area contributed by atoms with E-state index in [-0.39, 0.29) is 24.1 Å². The Kier molecular flexibility index (Phi) is 7.05. The Morgan fingerprint density at radius 1 is 1.11 bits per heavy atom. The van der Waals surface area contributed by atoms with E-state index in [2.05, 4.69) is 10.6 Å². The molecule has 0 saturated carbocycles. The first-order chi connectivity index (χ1) is 12.8. The fourth-order valence-electron chi connectivity index (χ4n) is 2.63. The minimum absolute atomic E-state index is 0.0351. The summed E-state index contributed by atoms with van der Waals surface area (Å²) in [6.45, 7) is 1.46. The molecule has 0 heterocycles. The molecule has 0 spiro atoms. The predicted molar refractivity (Wildman–Crippen MR) is 98.9 cm³/mol. The van der Waals surface area contributed by atoms with Crippen molar-refractivity contribution in [3.05, 3.63) is 65.5 Å². The minimum Gasteiger partial charge on any atom is -0.480 e. The largest absolute Gasteiger partial charge is 0.480 e. The zero-order valence-electron chi connectivity index (χ0n) is 14.9. The third-order valence-corrected chi connectivity index (χ3v) is 3.84. The maximum Gasteiger partial charge on any atom is 0.322 e. The number of carboxylic acids is 1. The summed E-state index contributed by atoms with van der Waals surface area (Å²) in [5, 5.41) is 13.6. The molecule has 2 aromatic carbocycles. The van der Waals surface area contributed by atoms with E-state index in [1.165, 1.54) is 24.3 Å². The molecule has 1 unspecified atom stereocenters. The Balaban J connectivity index is 1.84. The fraction of sp³-hybridized carbons (Fsp3) is 0.250. The van der Waals surface area contributed by atoms with Crippen LogP contribution in [0.25, 0.3) is 0 Å². The van der Waals surface area contributed by atoms with Gasteiger partial charge in [-0.25, -0.2) is 4.39 Å². The predicted octanol–water partition coefficient (Wildman–Crippen LogP) is 2.85. The van der Waals surface area contributed by atoms with Crippen molar-refractivity contribution < 1.29 is 23.9 Å².